The van der Waals surface area contributed by atoms with Gasteiger partial charge in [0.05, 0.1) is 12.7 Å². The van der Waals surface area contributed by atoms with Gasteiger partial charge in [-0.05, 0) is 19.3 Å². The Labute approximate surface area is 69.4 Å². The number of rotatable bonds is 3. The van der Waals surface area contributed by atoms with Crippen molar-refractivity contribution in [3.63, 3.8) is 0 Å². The first-order valence-electron chi connectivity index (χ1n) is 4.61. The highest BCUT2D eigenvalue weighted by atomic mass is 16.5. The molecule has 1 saturated heterocycles. The maximum Gasteiger partial charge on any atom is 0.0612 e. The van der Waals surface area contributed by atoms with Crippen LogP contribution in [0.2, 0.25) is 0 Å². The average molecular weight is 154 g/mol. The standard InChI is InChI=1S/C10H18O/c1-3-4-5-10-8-9(2)6-7-11-10/h10H,2-8H2,1H3. The summed E-state index contributed by atoms with van der Waals surface area (Å²) in [7, 11) is 0. The van der Waals surface area contributed by atoms with Crippen molar-refractivity contribution in [1.82, 2.24) is 0 Å². The van der Waals surface area contributed by atoms with E-state index in [2.05, 4.69) is 13.5 Å². The van der Waals surface area contributed by atoms with Gasteiger partial charge in [-0.3, -0.25) is 0 Å². The molecule has 0 saturated carbocycles. The van der Waals surface area contributed by atoms with Crippen LogP contribution < -0.4 is 0 Å². The number of hydrogen-bond donors (Lipinski definition) is 0. The molecular formula is C10H18O. The smallest absolute Gasteiger partial charge is 0.0612 e. The number of ether oxygens (including phenoxy) is 1. The Kier molecular flexibility index (Phi) is 3.64. The summed E-state index contributed by atoms with van der Waals surface area (Å²) >= 11 is 0. The van der Waals surface area contributed by atoms with Gasteiger partial charge in [0.1, 0.15) is 0 Å². The molecular weight excluding hydrogens is 136 g/mol. The molecule has 0 amide bonds. The second-order valence-electron chi connectivity index (χ2n) is 3.34. The lowest BCUT2D eigenvalue weighted by molar-refractivity contribution is 0.0294. The van der Waals surface area contributed by atoms with Crippen LogP contribution in [0.3, 0.4) is 0 Å². The maximum atomic E-state index is 5.59. The molecule has 0 aliphatic carbocycles. The largest absolute Gasteiger partial charge is 0.378 e. The molecule has 1 heteroatoms. The Morgan fingerprint density at radius 3 is 3.09 bits per heavy atom. The molecule has 1 fully saturated rings. The van der Waals surface area contributed by atoms with Crippen LogP contribution in [0, 0.1) is 0 Å². The van der Waals surface area contributed by atoms with Crippen LogP contribution in [0.1, 0.15) is 39.0 Å². The van der Waals surface area contributed by atoms with E-state index >= 15 is 0 Å². The number of hydrogen-bond acceptors (Lipinski definition) is 1. The van der Waals surface area contributed by atoms with Crippen LogP contribution in [-0.4, -0.2) is 12.7 Å². The first-order chi connectivity index (χ1) is 5.33. The molecule has 1 unspecified atom stereocenters. The van der Waals surface area contributed by atoms with Crippen molar-refractivity contribution in [3.8, 4) is 0 Å². The van der Waals surface area contributed by atoms with Crippen molar-refractivity contribution in [2.75, 3.05) is 6.61 Å². The van der Waals surface area contributed by atoms with E-state index in [1.54, 1.807) is 0 Å². The monoisotopic (exact) mass is 154 g/mol. The summed E-state index contributed by atoms with van der Waals surface area (Å²) in [5.41, 5.74) is 1.37. The summed E-state index contributed by atoms with van der Waals surface area (Å²) in [6.45, 7) is 7.11. The molecule has 0 aromatic carbocycles. The zero-order chi connectivity index (χ0) is 8.10. The summed E-state index contributed by atoms with van der Waals surface area (Å²) in [5.74, 6) is 0. The van der Waals surface area contributed by atoms with E-state index in [1.165, 1.54) is 24.8 Å². The Morgan fingerprint density at radius 2 is 2.45 bits per heavy atom. The molecule has 64 valence electrons. The highest BCUT2D eigenvalue weighted by Gasteiger charge is 2.14. The van der Waals surface area contributed by atoms with Gasteiger partial charge < -0.3 is 4.74 Å². The van der Waals surface area contributed by atoms with Crippen LogP contribution in [0.25, 0.3) is 0 Å². The van der Waals surface area contributed by atoms with Gasteiger partial charge in [0, 0.05) is 0 Å². The summed E-state index contributed by atoms with van der Waals surface area (Å²) in [5, 5.41) is 0. The minimum absolute atomic E-state index is 0.483. The first-order valence-corrected chi connectivity index (χ1v) is 4.61. The molecule has 1 rings (SSSR count). The predicted octanol–water partition coefficient (Wildman–Crippen LogP) is 2.91. The third-order valence-corrected chi connectivity index (χ3v) is 2.21. The van der Waals surface area contributed by atoms with Gasteiger partial charge in [-0.25, -0.2) is 0 Å². The lowest BCUT2D eigenvalue weighted by atomic mass is 10.0. The molecule has 0 aromatic rings. The Hall–Kier alpha value is -0.300. The molecule has 0 bridgehead atoms. The Balaban J connectivity index is 2.17. The molecule has 1 aliphatic rings. The fourth-order valence-electron chi connectivity index (χ4n) is 1.47. The van der Waals surface area contributed by atoms with Gasteiger partial charge in [-0.15, -0.1) is 0 Å². The molecule has 1 atom stereocenters. The molecule has 11 heavy (non-hydrogen) atoms. The van der Waals surface area contributed by atoms with E-state index in [9.17, 15) is 0 Å². The van der Waals surface area contributed by atoms with E-state index in [0.717, 1.165) is 19.4 Å². The Morgan fingerprint density at radius 1 is 1.64 bits per heavy atom. The van der Waals surface area contributed by atoms with E-state index in [1.807, 2.05) is 0 Å². The highest BCUT2D eigenvalue weighted by molar-refractivity contribution is 4.98. The average Bonchev–Trinajstić information content (AvgIpc) is 2.01. The van der Waals surface area contributed by atoms with Gasteiger partial charge in [-0.2, -0.15) is 0 Å². The second kappa shape index (κ2) is 4.55. The second-order valence-corrected chi connectivity index (χ2v) is 3.34. The lowest BCUT2D eigenvalue weighted by Crippen LogP contribution is -2.20. The number of unbranched alkanes of at least 4 members (excludes halogenated alkanes) is 1. The summed E-state index contributed by atoms with van der Waals surface area (Å²) < 4.78 is 5.59. The summed E-state index contributed by atoms with van der Waals surface area (Å²) in [4.78, 5) is 0. The molecule has 1 nitrogen and oxygen atoms in total. The van der Waals surface area contributed by atoms with Crippen LogP contribution in [0.5, 0.6) is 0 Å². The zero-order valence-corrected chi connectivity index (χ0v) is 7.44. The van der Waals surface area contributed by atoms with Gasteiger partial charge >= 0.3 is 0 Å². The molecule has 0 radical (unpaired) electrons. The highest BCUT2D eigenvalue weighted by Crippen LogP contribution is 2.20. The minimum atomic E-state index is 0.483. The topological polar surface area (TPSA) is 9.23 Å². The van der Waals surface area contributed by atoms with Crippen molar-refractivity contribution >= 4 is 0 Å². The molecule has 1 aliphatic heterocycles. The predicted molar refractivity (Wildman–Crippen MR) is 47.6 cm³/mol. The summed E-state index contributed by atoms with van der Waals surface area (Å²) in [6.07, 6.45) is 6.43. The first kappa shape index (κ1) is 8.79. The third kappa shape index (κ3) is 3.06. The van der Waals surface area contributed by atoms with Crippen LogP contribution in [0.15, 0.2) is 12.2 Å². The minimum Gasteiger partial charge on any atom is -0.378 e. The zero-order valence-electron chi connectivity index (χ0n) is 7.44. The quantitative estimate of drug-likeness (QED) is 0.568. The van der Waals surface area contributed by atoms with Gasteiger partial charge in [-0.1, -0.05) is 31.9 Å². The van der Waals surface area contributed by atoms with E-state index in [-0.39, 0.29) is 0 Å². The van der Waals surface area contributed by atoms with Gasteiger partial charge in [0.15, 0.2) is 0 Å². The van der Waals surface area contributed by atoms with Crippen molar-refractivity contribution in [2.24, 2.45) is 0 Å². The Bertz CT molecular complexity index is 129. The van der Waals surface area contributed by atoms with E-state index < -0.39 is 0 Å². The SMILES string of the molecule is C=C1CCOC(CCCC)C1. The molecule has 0 spiro atoms. The summed E-state index contributed by atoms with van der Waals surface area (Å²) in [6, 6.07) is 0. The van der Waals surface area contributed by atoms with Crippen molar-refractivity contribution < 1.29 is 4.74 Å². The van der Waals surface area contributed by atoms with Crippen molar-refractivity contribution in [1.29, 1.82) is 0 Å². The maximum absolute atomic E-state index is 5.59. The van der Waals surface area contributed by atoms with Crippen LogP contribution >= 0.6 is 0 Å². The van der Waals surface area contributed by atoms with Gasteiger partial charge in [0.2, 0.25) is 0 Å². The van der Waals surface area contributed by atoms with E-state index in [4.69, 9.17) is 4.74 Å². The molecule has 0 N–H and O–H groups in total. The van der Waals surface area contributed by atoms with Crippen LogP contribution in [0.4, 0.5) is 0 Å². The van der Waals surface area contributed by atoms with Crippen molar-refractivity contribution in [2.45, 2.75) is 45.1 Å². The normalized spacial score (nSPS) is 25.5. The fraction of sp³-hybridized carbons (Fsp3) is 0.800. The third-order valence-electron chi connectivity index (χ3n) is 2.21. The van der Waals surface area contributed by atoms with Crippen molar-refractivity contribution in [3.05, 3.63) is 12.2 Å². The van der Waals surface area contributed by atoms with E-state index in [0.29, 0.717) is 6.10 Å². The van der Waals surface area contributed by atoms with Crippen LogP contribution in [-0.2, 0) is 4.74 Å². The fourth-order valence-corrected chi connectivity index (χ4v) is 1.47. The lowest BCUT2D eigenvalue weighted by Gasteiger charge is -2.24. The van der Waals surface area contributed by atoms with Gasteiger partial charge in [0.25, 0.3) is 0 Å². The molecule has 0 aromatic heterocycles. The molecule has 1 heterocycles.